The quantitative estimate of drug-likeness (QED) is 0.129. The van der Waals surface area contributed by atoms with Crippen molar-refractivity contribution < 1.29 is 28.7 Å². The third-order valence-corrected chi connectivity index (χ3v) is 9.01. The molecule has 1 fully saturated rings. The maximum atomic E-state index is 13.3. The molecule has 3 unspecified atom stereocenters. The van der Waals surface area contributed by atoms with Crippen LogP contribution in [0.25, 0.3) is 0 Å². The number of carbonyl (C=O) groups excluding carboxylic acids is 4. The molecule has 2 aromatic rings. The summed E-state index contributed by atoms with van der Waals surface area (Å²) in [5.74, 6) is -1.37. The summed E-state index contributed by atoms with van der Waals surface area (Å²) in [4.78, 5) is 52.9. The molecule has 1 aromatic carbocycles. The van der Waals surface area contributed by atoms with Crippen molar-refractivity contribution >= 4 is 58.9 Å². The summed E-state index contributed by atoms with van der Waals surface area (Å²) in [6, 6.07) is 5.10. The predicted molar refractivity (Wildman–Crippen MR) is 151 cm³/mol. The number of aromatic nitrogens is 4. The number of benzene rings is 1. The highest BCUT2D eigenvalue weighted by Crippen LogP contribution is 2.42. The minimum Gasteiger partial charge on any atom is -0.427 e. The second kappa shape index (κ2) is 12.8. The number of esters is 2. The molecule has 41 heavy (non-hydrogen) atoms. The highest BCUT2D eigenvalue weighted by molar-refractivity contribution is 8.01. The van der Waals surface area contributed by atoms with E-state index in [-0.39, 0.29) is 5.70 Å². The maximum absolute atomic E-state index is 13.3. The van der Waals surface area contributed by atoms with Gasteiger partial charge in [0, 0.05) is 24.4 Å². The van der Waals surface area contributed by atoms with Gasteiger partial charge in [0.25, 0.3) is 5.91 Å². The number of hydrogen-bond acceptors (Lipinski definition) is 12. The van der Waals surface area contributed by atoms with E-state index < -0.39 is 53.4 Å². The van der Waals surface area contributed by atoms with Gasteiger partial charge in [-0.15, -0.1) is 28.5 Å². The summed E-state index contributed by atoms with van der Waals surface area (Å²) < 4.78 is 11.8. The fourth-order valence-corrected chi connectivity index (χ4v) is 6.42. The van der Waals surface area contributed by atoms with Gasteiger partial charge in [0.15, 0.2) is 0 Å². The van der Waals surface area contributed by atoms with Crippen molar-refractivity contribution in [3.63, 3.8) is 0 Å². The Kier molecular flexibility index (Phi) is 9.62. The summed E-state index contributed by atoms with van der Waals surface area (Å²) in [6.45, 7) is 4.41. The number of nitrogens with zero attached hydrogens (tertiary/aromatic N) is 5. The van der Waals surface area contributed by atoms with Crippen LogP contribution in [0.5, 0.6) is 0 Å². The Bertz CT molecular complexity index is 1360. The fourth-order valence-electron chi connectivity index (χ4n) is 3.91. The van der Waals surface area contributed by atoms with Crippen LogP contribution in [0.2, 0.25) is 0 Å². The lowest BCUT2D eigenvalue weighted by molar-refractivity contribution is -0.173. The average molecular weight is 624 g/mol. The second-order valence-corrected chi connectivity index (χ2v) is 12.6. The molecular formula is C25H30ClN7O6S2. The molecule has 2 aliphatic heterocycles. The Morgan fingerprint density at radius 3 is 2.56 bits per heavy atom. The molecule has 2 amide bonds. The van der Waals surface area contributed by atoms with Crippen molar-refractivity contribution in [2.75, 3.05) is 18.3 Å². The number of alkyl halides is 1. The fraction of sp³-hybridized carbons (Fsp3) is 0.480. The molecule has 1 aromatic heterocycles. The SMILES string of the molecule is Cn1nnnc1SCC1=C(C(=O)OCOC(=O)C(C)(C)C)N2C(=O)C(NC(=O)C(N)c3ccc(CCl)cc3)C2SC1. The molecule has 0 bridgehead atoms. The maximum Gasteiger partial charge on any atom is 0.357 e. The molecule has 3 N–H and O–H groups in total. The van der Waals surface area contributed by atoms with E-state index in [1.807, 2.05) is 0 Å². The highest BCUT2D eigenvalue weighted by atomic mass is 35.5. The lowest BCUT2D eigenvalue weighted by Crippen LogP contribution is -2.71. The topological polar surface area (TPSA) is 172 Å². The normalized spacial score (nSPS) is 19.3. The van der Waals surface area contributed by atoms with E-state index in [2.05, 4.69) is 20.8 Å². The molecule has 2 aliphatic rings. The van der Waals surface area contributed by atoms with Gasteiger partial charge in [-0.1, -0.05) is 36.0 Å². The molecule has 4 rings (SSSR count). The molecule has 13 nitrogen and oxygen atoms in total. The lowest BCUT2D eigenvalue weighted by atomic mass is 9.98. The lowest BCUT2D eigenvalue weighted by Gasteiger charge is -2.49. The number of tetrazole rings is 1. The number of aryl methyl sites for hydroxylation is 1. The van der Waals surface area contributed by atoms with Gasteiger partial charge in [0.1, 0.15) is 23.2 Å². The van der Waals surface area contributed by atoms with Crippen LogP contribution in [0.15, 0.2) is 40.7 Å². The Morgan fingerprint density at radius 2 is 1.95 bits per heavy atom. The summed E-state index contributed by atoms with van der Waals surface area (Å²) in [7, 11) is 1.68. The van der Waals surface area contributed by atoms with Gasteiger partial charge in [-0.2, -0.15) is 0 Å². The summed E-state index contributed by atoms with van der Waals surface area (Å²) in [6.07, 6.45) is 0. The number of ether oxygens (including phenoxy) is 2. The van der Waals surface area contributed by atoms with E-state index in [9.17, 15) is 19.2 Å². The zero-order valence-electron chi connectivity index (χ0n) is 22.8. The van der Waals surface area contributed by atoms with Crippen molar-refractivity contribution in [3.05, 3.63) is 46.7 Å². The van der Waals surface area contributed by atoms with Gasteiger partial charge >= 0.3 is 11.9 Å². The number of rotatable bonds is 10. The van der Waals surface area contributed by atoms with E-state index in [1.54, 1.807) is 52.1 Å². The average Bonchev–Trinajstić information content (AvgIpc) is 3.37. The summed E-state index contributed by atoms with van der Waals surface area (Å²) in [5, 5.41) is 14.0. The van der Waals surface area contributed by atoms with Crippen LogP contribution in [0.3, 0.4) is 0 Å². The molecule has 16 heteroatoms. The molecule has 3 heterocycles. The minimum absolute atomic E-state index is 0.0413. The number of hydrogen-bond donors (Lipinski definition) is 2. The number of thioether (sulfide) groups is 2. The molecular weight excluding hydrogens is 594 g/mol. The van der Waals surface area contributed by atoms with E-state index in [0.29, 0.717) is 33.7 Å². The third kappa shape index (κ3) is 6.85. The molecule has 3 atom stereocenters. The number of nitrogens with one attached hydrogen (secondary N) is 1. The number of nitrogens with two attached hydrogens (primary N) is 1. The number of carbonyl (C=O) groups is 4. The smallest absolute Gasteiger partial charge is 0.357 e. The van der Waals surface area contributed by atoms with Gasteiger partial charge < -0.3 is 20.5 Å². The number of halogens is 1. The van der Waals surface area contributed by atoms with Gasteiger partial charge in [-0.25, -0.2) is 9.48 Å². The number of fused-ring (bicyclic) bond motifs is 1. The number of β-lactam (4-membered cyclic amide) rings is 1. The van der Waals surface area contributed by atoms with Crippen molar-refractivity contribution in [1.29, 1.82) is 0 Å². The van der Waals surface area contributed by atoms with Crippen LogP contribution < -0.4 is 11.1 Å². The van der Waals surface area contributed by atoms with Gasteiger partial charge in [-0.3, -0.25) is 19.3 Å². The van der Waals surface area contributed by atoms with Gasteiger partial charge in [-0.05, 0) is 47.9 Å². The minimum atomic E-state index is -1.00. The van der Waals surface area contributed by atoms with Crippen LogP contribution in [-0.4, -0.2) is 78.6 Å². The molecule has 0 spiro atoms. The molecule has 0 aliphatic carbocycles. The van der Waals surface area contributed by atoms with Gasteiger partial charge in [0.05, 0.1) is 5.41 Å². The first kappa shape index (κ1) is 30.8. The van der Waals surface area contributed by atoms with Crippen molar-refractivity contribution in [3.8, 4) is 0 Å². The number of amides is 2. The van der Waals surface area contributed by atoms with E-state index in [0.717, 1.165) is 5.56 Å². The van der Waals surface area contributed by atoms with Crippen LogP contribution in [0.4, 0.5) is 0 Å². The van der Waals surface area contributed by atoms with E-state index >= 15 is 0 Å². The summed E-state index contributed by atoms with van der Waals surface area (Å²) >= 11 is 8.51. The third-order valence-electron chi connectivity index (χ3n) is 6.26. The molecule has 0 radical (unpaired) electrons. The van der Waals surface area contributed by atoms with Crippen LogP contribution in [-0.2, 0) is 41.6 Å². The standard InChI is InChI=1S/C25H30ClN7O6S2/c1-25(2,3)23(37)39-12-38-22(36)18-15(11-41-24-29-30-31-32(24)4)10-40-21-17(20(35)33(18)21)28-19(34)16(27)14-7-5-13(9-26)6-8-14/h5-8,16-17,21H,9-12,27H2,1-4H3,(H,28,34). The largest absolute Gasteiger partial charge is 0.427 e. The Hall–Kier alpha value is -3.14. The first-order valence-electron chi connectivity index (χ1n) is 12.5. The van der Waals surface area contributed by atoms with Crippen molar-refractivity contribution in [2.24, 2.45) is 18.2 Å². The predicted octanol–water partition coefficient (Wildman–Crippen LogP) is 1.49. The van der Waals surface area contributed by atoms with Crippen LogP contribution in [0.1, 0.15) is 37.9 Å². The Morgan fingerprint density at radius 1 is 1.24 bits per heavy atom. The molecule has 220 valence electrons. The van der Waals surface area contributed by atoms with Crippen molar-refractivity contribution in [2.45, 2.75) is 49.3 Å². The van der Waals surface area contributed by atoms with E-state index in [1.165, 1.54) is 33.1 Å². The van der Waals surface area contributed by atoms with Crippen molar-refractivity contribution in [1.82, 2.24) is 30.4 Å². The van der Waals surface area contributed by atoms with Gasteiger partial charge in [0.2, 0.25) is 17.9 Å². The Labute approximate surface area is 249 Å². The second-order valence-electron chi connectivity index (χ2n) is 10.3. The first-order chi connectivity index (χ1) is 19.4. The monoisotopic (exact) mass is 623 g/mol. The van der Waals surface area contributed by atoms with E-state index in [4.69, 9.17) is 26.8 Å². The van der Waals surface area contributed by atoms with Crippen LogP contribution in [0, 0.1) is 5.41 Å². The molecule has 1 saturated heterocycles. The highest BCUT2D eigenvalue weighted by Gasteiger charge is 2.54. The van der Waals surface area contributed by atoms with Crippen LogP contribution >= 0.6 is 35.1 Å². The zero-order chi connectivity index (χ0) is 29.9. The molecule has 0 saturated carbocycles. The zero-order valence-corrected chi connectivity index (χ0v) is 25.2. The summed E-state index contributed by atoms with van der Waals surface area (Å²) in [5.41, 5.74) is 7.48. The Balaban J connectivity index is 1.48. The first-order valence-corrected chi connectivity index (χ1v) is 15.1.